The van der Waals surface area contributed by atoms with Crippen LogP contribution in [0, 0.1) is 0 Å². The molecule has 0 aliphatic carbocycles. The molecule has 1 aromatic rings. The maximum atomic E-state index is 13.1. The van der Waals surface area contributed by atoms with Crippen LogP contribution in [0.4, 0.5) is 5.69 Å². The Kier molecular flexibility index (Phi) is 4.37. The van der Waals surface area contributed by atoms with E-state index < -0.39 is 29.7 Å². The number of nitrogens with zero attached hydrogens (tertiary/aromatic N) is 3. The first-order valence-electron chi connectivity index (χ1n) is 9.23. The normalized spacial score (nSPS) is 22.5. The smallest absolute Gasteiger partial charge is 0.264 e. The van der Waals surface area contributed by atoms with Gasteiger partial charge in [-0.2, -0.15) is 0 Å². The van der Waals surface area contributed by atoms with Crippen LogP contribution in [0.15, 0.2) is 18.2 Å². The Morgan fingerprint density at radius 1 is 1.04 bits per heavy atom. The monoisotopic (exact) mass is 384 g/mol. The van der Waals surface area contributed by atoms with Crippen molar-refractivity contribution in [2.24, 2.45) is 0 Å². The van der Waals surface area contributed by atoms with Crippen LogP contribution in [0.5, 0.6) is 0 Å². The van der Waals surface area contributed by atoms with Gasteiger partial charge in [-0.3, -0.25) is 34.2 Å². The summed E-state index contributed by atoms with van der Waals surface area (Å²) in [5, 5.41) is 2.20. The first kappa shape index (κ1) is 18.1. The van der Waals surface area contributed by atoms with E-state index in [2.05, 4.69) is 5.32 Å². The van der Waals surface area contributed by atoms with Crippen molar-refractivity contribution in [3.05, 3.63) is 29.3 Å². The summed E-state index contributed by atoms with van der Waals surface area (Å²) in [7, 11) is 0. The lowest BCUT2D eigenvalue weighted by molar-refractivity contribution is -0.136. The van der Waals surface area contributed by atoms with E-state index in [9.17, 15) is 24.0 Å². The molecule has 9 nitrogen and oxygen atoms in total. The van der Waals surface area contributed by atoms with Crippen LogP contribution in [0.25, 0.3) is 0 Å². The van der Waals surface area contributed by atoms with Crippen LogP contribution in [0.2, 0.25) is 0 Å². The Morgan fingerprint density at radius 3 is 2.39 bits per heavy atom. The molecule has 0 bridgehead atoms. The molecule has 4 rings (SSSR count). The predicted octanol–water partition coefficient (Wildman–Crippen LogP) is -0.244. The number of hydrogen-bond donors (Lipinski definition) is 1. The maximum Gasteiger partial charge on any atom is 0.264 e. The Morgan fingerprint density at radius 2 is 1.75 bits per heavy atom. The summed E-state index contributed by atoms with van der Waals surface area (Å²) < 4.78 is 0. The molecule has 9 heteroatoms. The third kappa shape index (κ3) is 2.83. The number of piperidine rings is 1. The molecular weight excluding hydrogens is 364 g/mol. The molecule has 3 heterocycles. The molecule has 0 spiro atoms. The number of amides is 5. The van der Waals surface area contributed by atoms with Gasteiger partial charge in [-0.25, -0.2) is 0 Å². The molecule has 0 aromatic heterocycles. The predicted molar refractivity (Wildman–Crippen MR) is 97.6 cm³/mol. The van der Waals surface area contributed by atoms with Gasteiger partial charge in [0.25, 0.3) is 11.8 Å². The van der Waals surface area contributed by atoms with Gasteiger partial charge in [-0.1, -0.05) is 6.07 Å². The van der Waals surface area contributed by atoms with E-state index >= 15 is 0 Å². The molecule has 1 unspecified atom stereocenters. The molecule has 5 amide bonds. The van der Waals surface area contributed by atoms with Crippen molar-refractivity contribution >= 4 is 35.2 Å². The number of rotatable bonds is 2. The third-order valence-corrected chi connectivity index (χ3v) is 5.51. The lowest BCUT2D eigenvalue weighted by Crippen LogP contribution is -2.54. The van der Waals surface area contributed by atoms with Crippen molar-refractivity contribution in [2.45, 2.75) is 25.8 Å². The first-order valence-corrected chi connectivity index (χ1v) is 9.23. The lowest BCUT2D eigenvalue weighted by Gasteiger charge is -2.36. The van der Waals surface area contributed by atoms with E-state index in [1.54, 1.807) is 23.1 Å². The summed E-state index contributed by atoms with van der Waals surface area (Å²) in [5.74, 6) is -2.05. The van der Waals surface area contributed by atoms with E-state index in [1.807, 2.05) is 4.90 Å². The summed E-state index contributed by atoms with van der Waals surface area (Å²) in [5.41, 5.74) is 1.18. The van der Waals surface area contributed by atoms with E-state index in [-0.39, 0.29) is 29.9 Å². The zero-order valence-corrected chi connectivity index (χ0v) is 15.4. The van der Waals surface area contributed by atoms with Crippen molar-refractivity contribution < 1.29 is 24.0 Å². The molecule has 2 saturated heterocycles. The molecule has 2 fully saturated rings. The van der Waals surface area contributed by atoms with E-state index in [0.29, 0.717) is 31.9 Å². The molecule has 146 valence electrons. The second-order valence-corrected chi connectivity index (χ2v) is 7.14. The minimum Gasteiger partial charge on any atom is -0.367 e. The fraction of sp³-hybridized carbons (Fsp3) is 0.421. The molecule has 1 atom stereocenters. The highest BCUT2D eigenvalue weighted by atomic mass is 16.2. The second kappa shape index (κ2) is 6.74. The molecule has 3 aliphatic rings. The SMILES string of the molecule is CC(=O)N1CCN(c2cccc3c2C(=O)N(C2CCC(=O)NC2=O)C3=O)CC1. The van der Waals surface area contributed by atoms with Gasteiger partial charge >= 0.3 is 0 Å². The summed E-state index contributed by atoms with van der Waals surface area (Å²) in [6.45, 7) is 3.71. The van der Waals surface area contributed by atoms with Crippen molar-refractivity contribution in [1.29, 1.82) is 0 Å². The van der Waals surface area contributed by atoms with Gasteiger partial charge in [0.1, 0.15) is 6.04 Å². The largest absolute Gasteiger partial charge is 0.367 e. The number of hydrogen-bond acceptors (Lipinski definition) is 6. The quantitative estimate of drug-likeness (QED) is 0.705. The second-order valence-electron chi connectivity index (χ2n) is 7.14. The van der Waals surface area contributed by atoms with E-state index in [4.69, 9.17) is 0 Å². The third-order valence-electron chi connectivity index (χ3n) is 5.51. The highest BCUT2D eigenvalue weighted by Crippen LogP contribution is 2.34. The molecule has 1 N–H and O–H groups in total. The molecule has 1 aromatic carbocycles. The van der Waals surface area contributed by atoms with Gasteiger partial charge in [0.05, 0.1) is 16.8 Å². The summed E-state index contributed by atoms with van der Waals surface area (Å²) in [6, 6.07) is 4.09. The fourth-order valence-electron chi connectivity index (χ4n) is 4.02. The van der Waals surface area contributed by atoms with Crippen molar-refractivity contribution in [3.8, 4) is 0 Å². The summed E-state index contributed by atoms with van der Waals surface area (Å²) in [6.07, 6.45) is 0.215. The van der Waals surface area contributed by atoms with Crippen LogP contribution in [-0.2, 0) is 14.4 Å². The molecule has 28 heavy (non-hydrogen) atoms. The average Bonchev–Trinajstić information content (AvgIpc) is 2.93. The van der Waals surface area contributed by atoms with Crippen molar-refractivity contribution in [2.75, 3.05) is 31.1 Å². The number of fused-ring (bicyclic) bond motifs is 1. The van der Waals surface area contributed by atoms with Gasteiger partial charge in [0.15, 0.2) is 0 Å². The number of imide groups is 2. The summed E-state index contributed by atoms with van der Waals surface area (Å²) in [4.78, 5) is 65.8. The van der Waals surface area contributed by atoms with E-state index in [1.165, 1.54) is 6.92 Å². The number of benzene rings is 1. The van der Waals surface area contributed by atoms with Crippen LogP contribution in [0.1, 0.15) is 40.5 Å². The zero-order valence-electron chi connectivity index (χ0n) is 15.4. The Bertz CT molecular complexity index is 904. The topological polar surface area (TPSA) is 107 Å². The van der Waals surface area contributed by atoms with Gasteiger partial charge in [-0.05, 0) is 18.6 Å². The number of carbonyl (C=O) groups excluding carboxylic acids is 5. The van der Waals surface area contributed by atoms with Crippen LogP contribution < -0.4 is 10.2 Å². The highest BCUT2D eigenvalue weighted by Gasteiger charge is 2.46. The fourth-order valence-corrected chi connectivity index (χ4v) is 4.02. The van der Waals surface area contributed by atoms with Crippen LogP contribution in [-0.4, -0.2) is 71.6 Å². The van der Waals surface area contributed by atoms with Crippen molar-refractivity contribution in [3.63, 3.8) is 0 Å². The zero-order chi connectivity index (χ0) is 20.0. The standard InChI is InChI=1S/C19H20N4O5/c1-11(24)21-7-9-22(10-8-21)13-4-2-3-12-16(13)19(28)23(18(12)27)14-5-6-15(25)20-17(14)26/h2-4,14H,5-10H2,1H3,(H,20,25,26). The lowest BCUT2D eigenvalue weighted by atomic mass is 10.0. The van der Waals surface area contributed by atoms with Gasteiger partial charge in [0.2, 0.25) is 17.7 Å². The Labute approximate surface area is 161 Å². The molecule has 0 radical (unpaired) electrons. The number of nitrogens with one attached hydrogen (secondary N) is 1. The number of carbonyl (C=O) groups is 5. The average molecular weight is 384 g/mol. The highest BCUT2D eigenvalue weighted by molar-refractivity contribution is 6.25. The van der Waals surface area contributed by atoms with E-state index in [0.717, 1.165) is 4.90 Å². The van der Waals surface area contributed by atoms with Gasteiger partial charge in [-0.15, -0.1) is 0 Å². The number of anilines is 1. The van der Waals surface area contributed by atoms with Gasteiger partial charge < -0.3 is 9.80 Å². The molecule has 3 aliphatic heterocycles. The molecule has 0 saturated carbocycles. The first-order chi connectivity index (χ1) is 13.4. The van der Waals surface area contributed by atoms with Gasteiger partial charge in [0, 0.05) is 39.5 Å². The molecular formula is C19H20N4O5. The summed E-state index contributed by atoms with van der Waals surface area (Å²) >= 11 is 0. The van der Waals surface area contributed by atoms with Crippen LogP contribution in [0.3, 0.4) is 0 Å². The number of piperazine rings is 1. The Hall–Kier alpha value is -3.23. The van der Waals surface area contributed by atoms with Crippen LogP contribution >= 0.6 is 0 Å². The maximum absolute atomic E-state index is 13.1. The Balaban J connectivity index is 1.63. The minimum atomic E-state index is -0.979. The van der Waals surface area contributed by atoms with Crippen molar-refractivity contribution in [1.82, 2.24) is 15.1 Å². The minimum absolute atomic E-state index is 0.00762.